The average Bonchev–Trinajstić information content (AvgIpc) is 3.74. The molecule has 1 unspecified atom stereocenters. The Kier molecular flexibility index (Phi) is 5.33. The fraction of sp³-hybridized carbons (Fsp3) is 0.0278. The van der Waals surface area contributed by atoms with Gasteiger partial charge in [-0.2, -0.15) is 0 Å². The molecule has 10 heteroatoms. The smallest absolute Gasteiger partial charge is 0.339 e. The first-order valence-corrected chi connectivity index (χ1v) is 16.8. The van der Waals surface area contributed by atoms with E-state index in [1.165, 1.54) is 0 Å². The van der Waals surface area contributed by atoms with Crippen LogP contribution < -0.4 is 26.9 Å². The summed E-state index contributed by atoms with van der Waals surface area (Å²) in [4.78, 5) is 15.8. The minimum absolute atomic E-state index is 0.481. The molecule has 8 nitrogen and oxygen atoms in total. The molecule has 0 amide bonds. The Morgan fingerprint density at radius 2 is 1.22 bits per heavy atom. The van der Waals surface area contributed by atoms with Crippen molar-refractivity contribution < 1.29 is 9.01 Å². The average molecular weight is 614 g/mol. The summed E-state index contributed by atoms with van der Waals surface area (Å²) in [5.41, 5.74) is 3.38. The Balaban J connectivity index is 1.36. The SMILES string of the molecule is O=P(OB1n2c3c4ccccc4c2NC2=NC(N=c4c5ccccc5c(n41)=N3)c1ccccc12)(c1ccccc1)c1ccccc1. The zero-order valence-corrected chi connectivity index (χ0v) is 25.3. The Morgan fingerprint density at radius 1 is 0.630 bits per heavy atom. The predicted octanol–water partition coefficient (Wildman–Crippen LogP) is 5.69. The van der Waals surface area contributed by atoms with Crippen molar-refractivity contribution in [2.24, 2.45) is 15.0 Å². The summed E-state index contributed by atoms with van der Waals surface area (Å²) in [6, 6.07) is 43.4. The second-order valence-electron chi connectivity index (χ2n) is 11.6. The minimum Gasteiger partial charge on any atom is -0.339 e. The molecule has 0 spiro atoms. The number of hydrogen-bond donors (Lipinski definition) is 1. The van der Waals surface area contributed by atoms with Crippen molar-refractivity contribution in [2.45, 2.75) is 6.17 Å². The summed E-state index contributed by atoms with van der Waals surface area (Å²) in [5, 5.41) is 8.67. The fourth-order valence-electron chi connectivity index (χ4n) is 6.98. The van der Waals surface area contributed by atoms with E-state index in [9.17, 15) is 0 Å². The van der Waals surface area contributed by atoms with E-state index in [1.807, 2.05) is 106 Å². The maximum absolute atomic E-state index is 15.6. The van der Waals surface area contributed by atoms with Crippen LogP contribution in [0.25, 0.3) is 21.5 Å². The number of nitrogens with one attached hydrogen (secondary N) is 1. The number of aromatic nitrogens is 2. The molecule has 218 valence electrons. The van der Waals surface area contributed by atoms with Gasteiger partial charge in [0, 0.05) is 43.3 Å². The van der Waals surface area contributed by atoms with Gasteiger partial charge >= 0.3 is 7.19 Å². The van der Waals surface area contributed by atoms with Gasteiger partial charge in [-0.1, -0.05) is 109 Å². The maximum Gasteiger partial charge on any atom is 0.568 e. The molecule has 0 saturated heterocycles. The van der Waals surface area contributed by atoms with Crippen LogP contribution in [0.2, 0.25) is 0 Å². The summed E-state index contributed by atoms with van der Waals surface area (Å²) in [6.07, 6.45) is -0.481. The molecule has 0 radical (unpaired) electrons. The molecule has 4 bridgehead atoms. The number of fused-ring (bicyclic) bond motifs is 10. The summed E-state index contributed by atoms with van der Waals surface area (Å²) in [6.45, 7) is 0. The van der Waals surface area contributed by atoms with Gasteiger partial charge in [0.05, 0.1) is 0 Å². The van der Waals surface area contributed by atoms with Crippen molar-refractivity contribution in [3.8, 4) is 0 Å². The summed E-state index contributed by atoms with van der Waals surface area (Å²) < 4.78 is 26.8. The number of nitrogens with zero attached hydrogens (tertiary/aromatic N) is 5. The molecule has 2 aromatic heterocycles. The molecule has 46 heavy (non-hydrogen) atoms. The highest BCUT2D eigenvalue weighted by Gasteiger charge is 2.44. The number of aliphatic imine (C=N–C) groups is 1. The van der Waals surface area contributed by atoms with Crippen molar-refractivity contribution in [3.63, 3.8) is 0 Å². The van der Waals surface area contributed by atoms with Gasteiger partial charge in [0.2, 0.25) is 0 Å². The van der Waals surface area contributed by atoms with Crippen LogP contribution in [0.5, 0.6) is 0 Å². The van der Waals surface area contributed by atoms with E-state index < -0.39 is 20.7 Å². The summed E-state index contributed by atoms with van der Waals surface area (Å²) in [5.74, 6) is 2.19. The van der Waals surface area contributed by atoms with Crippen molar-refractivity contribution in [3.05, 3.63) is 156 Å². The monoisotopic (exact) mass is 614 g/mol. The Labute approximate surface area is 263 Å². The van der Waals surface area contributed by atoms with Gasteiger partial charge < -0.3 is 18.7 Å². The highest BCUT2D eigenvalue weighted by molar-refractivity contribution is 7.75. The quantitative estimate of drug-likeness (QED) is 0.204. The van der Waals surface area contributed by atoms with Crippen LogP contribution in [-0.2, 0) is 9.01 Å². The Hall–Kier alpha value is -5.50. The van der Waals surface area contributed by atoms with Crippen LogP contribution in [0.3, 0.4) is 0 Å². The molecule has 3 aliphatic rings. The number of hydrogen-bond acceptors (Lipinski definition) is 6. The number of anilines is 1. The van der Waals surface area contributed by atoms with Gasteiger partial charge in [-0.05, 0) is 24.3 Å². The van der Waals surface area contributed by atoms with Crippen molar-refractivity contribution >= 4 is 64.2 Å². The maximum atomic E-state index is 15.6. The van der Waals surface area contributed by atoms with Crippen LogP contribution in [0.1, 0.15) is 17.3 Å². The zero-order chi connectivity index (χ0) is 30.4. The Bertz CT molecular complexity index is 2550. The van der Waals surface area contributed by atoms with Crippen LogP contribution >= 0.6 is 7.37 Å². The number of amidine groups is 1. The minimum atomic E-state index is -3.70. The zero-order valence-electron chi connectivity index (χ0n) is 24.4. The van der Waals surface area contributed by atoms with Gasteiger partial charge in [0.1, 0.15) is 28.4 Å². The van der Waals surface area contributed by atoms with E-state index in [-0.39, 0.29) is 0 Å². The van der Waals surface area contributed by atoms with Crippen LogP contribution in [0.4, 0.5) is 11.6 Å². The third kappa shape index (κ3) is 3.49. The Morgan fingerprint density at radius 3 is 1.93 bits per heavy atom. The third-order valence-electron chi connectivity index (χ3n) is 9.07. The molecule has 0 fully saturated rings. The van der Waals surface area contributed by atoms with E-state index in [2.05, 4.69) is 41.7 Å². The number of benzene rings is 5. The highest BCUT2D eigenvalue weighted by Crippen LogP contribution is 2.48. The molecule has 1 atom stereocenters. The molecule has 0 saturated carbocycles. The molecule has 1 N–H and O–H groups in total. The molecule has 3 aliphatic heterocycles. The lowest BCUT2D eigenvalue weighted by atomic mass is 10.00. The molecular formula is C36H24BN6O2P. The normalized spacial score (nSPS) is 16.0. The largest absolute Gasteiger partial charge is 0.568 e. The highest BCUT2D eigenvalue weighted by atomic mass is 31.2. The molecular weight excluding hydrogens is 590 g/mol. The van der Waals surface area contributed by atoms with Gasteiger partial charge in [-0.3, -0.25) is 4.57 Å². The fourth-order valence-corrected chi connectivity index (χ4v) is 9.11. The standard InChI is InChI=1S/C36H24BN6O2P/c44-46(23-13-3-1-4-14-23,24-15-5-2-6-16-24)45-37-42-33-27-19-9-11-21-29(27)35(42)41-36-30-22-12-10-20-28(30)34(43(36)37)40-32-26-18-8-7-17-25(26)31(38-32)39-33/h1-22,31H,(H,38,40). The second-order valence-corrected chi connectivity index (χ2v) is 14.0. The van der Waals surface area contributed by atoms with Gasteiger partial charge in [0.15, 0.2) is 6.17 Å². The van der Waals surface area contributed by atoms with Crippen LogP contribution in [0, 0.1) is 0 Å². The van der Waals surface area contributed by atoms with Crippen molar-refractivity contribution in [1.82, 2.24) is 8.96 Å². The van der Waals surface area contributed by atoms with Crippen molar-refractivity contribution in [1.29, 1.82) is 0 Å². The van der Waals surface area contributed by atoms with E-state index in [4.69, 9.17) is 19.4 Å². The first kappa shape index (κ1) is 25.8. The van der Waals surface area contributed by atoms with Crippen molar-refractivity contribution in [2.75, 3.05) is 5.32 Å². The van der Waals surface area contributed by atoms with Crippen LogP contribution in [-0.4, -0.2) is 22.0 Å². The number of rotatable bonds is 4. The molecule has 5 heterocycles. The topological polar surface area (TPSA) is 85.3 Å². The summed E-state index contributed by atoms with van der Waals surface area (Å²) in [7, 11) is -4.60. The molecule has 10 rings (SSSR count). The predicted molar refractivity (Wildman–Crippen MR) is 183 cm³/mol. The van der Waals surface area contributed by atoms with Crippen LogP contribution in [0.15, 0.2) is 148 Å². The van der Waals surface area contributed by atoms with Gasteiger partial charge in [-0.15, -0.1) is 0 Å². The summed E-state index contributed by atoms with van der Waals surface area (Å²) >= 11 is 0. The molecule has 0 aliphatic carbocycles. The first-order valence-electron chi connectivity index (χ1n) is 15.2. The second kappa shape index (κ2) is 9.50. The lowest BCUT2D eigenvalue weighted by molar-refractivity contribution is 0.491. The molecule has 5 aromatic carbocycles. The van der Waals surface area contributed by atoms with E-state index >= 15 is 4.57 Å². The van der Waals surface area contributed by atoms with E-state index in [0.29, 0.717) is 27.4 Å². The van der Waals surface area contributed by atoms with Gasteiger partial charge in [0.25, 0.3) is 7.37 Å². The van der Waals surface area contributed by atoms with E-state index in [0.717, 1.165) is 44.3 Å². The third-order valence-corrected chi connectivity index (χ3v) is 11.5. The lowest BCUT2D eigenvalue weighted by Crippen LogP contribution is -2.51. The van der Waals surface area contributed by atoms with Gasteiger partial charge in [-0.25, -0.2) is 15.0 Å². The lowest BCUT2D eigenvalue weighted by Gasteiger charge is -2.28. The molecule has 7 aromatic rings. The first-order chi connectivity index (χ1) is 22.7. The van der Waals surface area contributed by atoms with E-state index in [1.54, 1.807) is 0 Å².